The fourth-order valence-electron chi connectivity index (χ4n) is 5.81. The van der Waals surface area contributed by atoms with E-state index in [0.717, 1.165) is 72.8 Å². The zero-order valence-corrected chi connectivity index (χ0v) is 20.8. The van der Waals surface area contributed by atoms with Crippen molar-refractivity contribution >= 4 is 22.6 Å². The third-order valence-corrected chi connectivity index (χ3v) is 7.56. The van der Waals surface area contributed by atoms with Crippen molar-refractivity contribution in [2.45, 2.75) is 64.6 Å². The van der Waals surface area contributed by atoms with E-state index in [1.165, 1.54) is 12.8 Å². The van der Waals surface area contributed by atoms with Crippen molar-refractivity contribution in [3.63, 3.8) is 0 Å². The van der Waals surface area contributed by atoms with Crippen molar-refractivity contribution in [3.05, 3.63) is 36.5 Å². The standard InChI is InChI=1S/C26H34N8O/c1-17(2)34-18(3)29-25-23(34)14-19(15-27-25)22-8-9-33-24(22)16-28-26(31-33)30-20-4-6-21(7-5-20)32-10-12-35-13-11-32/h8-9,14-17,20-21H,4-7,10-13H2,1-3H3,(H,30,31)/t20-,21+. The normalized spacial score (nSPS) is 21.8. The van der Waals surface area contributed by atoms with Gasteiger partial charge < -0.3 is 14.6 Å². The van der Waals surface area contributed by atoms with Crippen LogP contribution < -0.4 is 5.32 Å². The number of aryl methyl sites for hydroxylation is 1. The van der Waals surface area contributed by atoms with Crippen LogP contribution in [-0.4, -0.2) is 72.4 Å². The van der Waals surface area contributed by atoms with Crippen molar-refractivity contribution in [1.82, 2.24) is 34.0 Å². The van der Waals surface area contributed by atoms with Crippen LogP contribution in [0.3, 0.4) is 0 Å². The van der Waals surface area contributed by atoms with E-state index in [9.17, 15) is 0 Å². The summed E-state index contributed by atoms with van der Waals surface area (Å²) in [6.07, 6.45) is 10.5. The van der Waals surface area contributed by atoms with Gasteiger partial charge in [-0.15, -0.1) is 5.10 Å². The molecule has 0 aromatic carbocycles. The van der Waals surface area contributed by atoms with E-state index in [1.54, 1.807) is 0 Å². The lowest BCUT2D eigenvalue weighted by Gasteiger charge is -2.38. The Morgan fingerprint density at radius 2 is 1.83 bits per heavy atom. The summed E-state index contributed by atoms with van der Waals surface area (Å²) in [5, 5.41) is 8.35. The fourth-order valence-corrected chi connectivity index (χ4v) is 5.81. The molecule has 2 aliphatic rings. The molecule has 0 amide bonds. The molecule has 1 N–H and O–H groups in total. The Labute approximate surface area is 205 Å². The first-order valence-corrected chi connectivity index (χ1v) is 12.8. The number of morpholine rings is 1. The summed E-state index contributed by atoms with van der Waals surface area (Å²) in [4.78, 5) is 16.5. The Morgan fingerprint density at radius 3 is 2.60 bits per heavy atom. The maximum Gasteiger partial charge on any atom is 0.241 e. The van der Waals surface area contributed by atoms with Crippen molar-refractivity contribution < 1.29 is 4.74 Å². The maximum atomic E-state index is 5.51. The third-order valence-electron chi connectivity index (χ3n) is 7.56. The number of nitrogens with zero attached hydrogens (tertiary/aromatic N) is 7. The SMILES string of the molecule is Cc1nc2ncc(-c3ccn4nc(N[C@H]5CC[C@@H](N6CCOCC6)CC5)ncc34)cc2n1C(C)C. The lowest BCUT2D eigenvalue weighted by Crippen LogP contribution is -2.46. The van der Waals surface area contributed by atoms with Gasteiger partial charge in [-0.25, -0.2) is 19.5 Å². The van der Waals surface area contributed by atoms with Crippen molar-refractivity contribution in [3.8, 4) is 11.1 Å². The second-order valence-corrected chi connectivity index (χ2v) is 10.1. The molecular weight excluding hydrogens is 440 g/mol. The molecular formula is C26H34N8O. The van der Waals surface area contributed by atoms with Gasteiger partial charge in [-0.1, -0.05) is 0 Å². The molecule has 2 fully saturated rings. The molecule has 0 radical (unpaired) electrons. The Kier molecular flexibility index (Phi) is 5.89. The molecule has 1 saturated carbocycles. The van der Waals surface area contributed by atoms with Gasteiger partial charge in [0.2, 0.25) is 5.95 Å². The summed E-state index contributed by atoms with van der Waals surface area (Å²) >= 11 is 0. The van der Waals surface area contributed by atoms with Crippen molar-refractivity contribution in [2.75, 3.05) is 31.6 Å². The zero-order valence-electron chi connectivity index (χ0n) is 20.8. The van der Waals surface area contributed by atoms with Gasteiger partial charge in [0.15, 0.2) is 5.65 Å². The quantitative estimate of drug-likeness (QED) is 0.466. The molecule has 4 aromatic heterocycles. The number of anilines is 1. The number of hydrogen-bond acceptors (Lipinski definition) is 7. The van der Waals surface area contributed by atoms with Crippen LogP contribution in [0.15, 0.2) is 30.7 Å². The van der Waals surface area contributed by atoms with E-state index in [4.69, 9.17) is 9.84 Å². The molecule has 35 heavy (non-hydrogen) atoms. The topological polar surface area (TPSA) is 85.4 Å². The highest BCUT2D eigenvalue weighted by Crippen LogP contribution is 2.30. The summed E-state index contributed by atoms with van der Waals surface area (Å²) in [6.45, 7) is 10.3. The molecule has 1 aliphatic heterocycles. The number of ether oxygens (including phenoxy) is 1. The van der Waals surface area contributed by atoms with E-state index in [-0.39, 0.29) is 0 Å². The van der Waals surface area contributed by atoms with Crippen molar-refractivity contribution in [1.29, 1.82) is 0 Å². The molecule has 184 valence electrons. The zero-order chi connectivity index (χ0) is 23.9. The van der Waals surface area contributed by atoms with E-state index >= 15 is 0 Å². The van der Waals surface area contributed by atoms with Gasteiger partial charge in [-0.3, -0.25) is 4.90 Å². The average Bonchev–Trinajstić information content (AvgIpc) is 3.44. The molecule has 9 heteroatoms. The molecule has 6 rings (SSSR count). The van der Waals surface area contributed by atoms with Crippen LogP contribution in [0.5, 0.6) is 0 Å². The minimum absolute atomic E-state index is 0.323. The summed E-state index contributed by atoms with van der Waals surface area (Å²) in [7, 11) is 0. The number of nitrogens with one attached hydrogen (secondary N) is 1. The third kappa shape index (κ3) is 4.27. The van der Waals surface area contributed by atoms with Gasteiger partial charge in [0.25, 0.3) is 0 Å². The molecule has 0 unspecified atom stereocenters. The van der Waals surface area contributed by atoms with Crippen LogP contribution in [-0.2, 0) is 4.74 Å². The first kappa shape index (κ1) is 22.4. The lowest BCUT2D eigenvalue weighted by atomic mass is 9.90. The molecule has 0 atom stereocenters. The van der Waals surface area contributed by atoms with E-state index in [2.05, 4.69) is 55.7 Å². The minimum atomic E-state index is 0.323. The van der Waals surface area contributed by atoms with E-state index in [0.29, 0.717) is 24.1 Å². The summed E-state index contributed by atoms with van der Waals surface area (Å²) in [6, 6.07) is 5.70. The van der Waals surface area contributed by atoms with Gasteiger partial charge in [-0.2, -0.15) is 0 Å². The first-order chi connectivity index (χ1) is 17.1. The lowest BCUT2D eigenvalue weighted by molar-refractivity contribution is 0.00790. The molecule has 4 aromatic rings. The number of rotatable bonds is 5. The molecule has 1 saturated heterocycles. The summed E-state index contributed by atoms with van der Waals surface area (Å²) < 4.78 is 9.66. The van der Waals surface area contributed by atoms with Crippen LogP contribution in [0.1, 0.15) is 51.4 Å². The predicted octanol–water partition coefficient (Wildman–Crippen LogP) is 4.09. The monoisotopic (exact) mass is 474 g/mol. The summed E-state index contributed by atoms with van der Waals surface area (Å²) in [5.41, 5.74) is 4.94. The molecule has 9 nitrogen and oxygen atoms in total. The molecule has 0 bridgehead atoms. The molecule has 5 heterocycles. The Morgan fingerprint density at radius 1 is 1.03 bits per heavy atom. The largest absolute Gasteiger partial charge is 0.379 e. The van der Waals surface area contributed by atoms with Crippen LogP contribution in [0.4, 0.5) is 5.95 Å². The van der Waals surface area contributed by atoms with Gasteiger partial charge in [-0.05, 0) is 58.6 Å². The van der Waals surface area contributed by atoms with E-state index < -0.39 is 0 Å². The number of aromatic nitrogens is 6. The Hall–Kier alpha value is -3.04. The second-order valence-electron chi connectivity index (χ2n) is 10.1. The molecule has 0 spiro atoms. The molecule has 1 aliphatic carbocycles. The second kappa shape index (κ2) is 9.20. The van der Waals surface area contributed by atoms with Crippen LogP contribution in [0, 0.1) is 6.92 Å². The average molecular weight is 475 g/mol. The highest BCUT2D eigenvalue weighted by molar-refractivity contribution is 5.85. The first-order valence-electron chi connectivity index (χ1n) is 12.8. The predicted molar refractivity (Wildman–Crippen MR) is 137 cm³/mol. The number of pyridine rings is 1. The minimum Gasteiger partial charge on any atom is -0.379 e. The van der Waals surface area contributed by atoms with E-state index in [1.807, 2.05) is 30.0 Å². The number of hydrogen-bond donors (Lipinski definition) is 1. The van der Waals surface area contributed by atoms with Gasteiger partial charge in [0, 0.05) is 54.7 Å². The Bertz CT molecular complexity index is 1330. The highest BCUT2D eigenvalue weighted by Gasteiger charge is 2.27. The maximum absolute atomic E-state index is 5.51. The van der Waals surface area contributed by atoms with Crippen LogP contribution >= 0.6 is 0 Å². The van der Waals surface area contributed by atoms with Crippen molar-refractivity contribution in [2.24, 2.45) is 0 Å². The summed E-state index contributed by atoms with van der Waals surface area (Å²) in [5.74, 6) is 1.68. The van der Waals surface area contributed by atoms with Gasteiger partial charge >= 0.3 is 0 Å². The fraction of sp³-hybridized carbons (Fsp3) is 0.538. The van der Waals surface area contributed by atoms with Crippen LogP contribution in [0.2, 0.25) is 0 Å². The van der Waals surface area contributed by atoms with Crippen LogP contribution in [0.25, 0.3) is 27.8 Å². The smallest absolute Gasteiger partial charge is 0.241 e. The number of imidazole rings is 1. The number of fused-ring (bicyclic) bond motifs is 2. The highest BCUT2D eigenvalue weighted by atomic mass is 16.5. The van der Waals surface area contributed by atoms with Gasteiger partial charge in [0.1, 0.15) is 5.82 Å². The van der Waals surface area contributed by atoms with Gasteiger partial charge in [0.05, 0.1) is 30.4 Å². The Balaban J connectivity index is 1.18.